The molecular weight excluding hydrogens is 194 g/mol. The highest BCUT2D eigenvalue weighted by Gasteiger charge is 1.98. The van der Waals surface area contributed by atoms with Crippen molar-refractivity contribution in [3.8, 4) is 0 Å². The molecule has 1 radical (unpaired) electrons. The Hall–Kier alpha value is -1.37. The van der Waals surface area contributed by atoms with Crippen LogP contribution >= 0.6 is 0 Å². The molecule has 0 spiro atoms. The normalized spacial score (nSPS) is 10.8. The van der Waals surface area contributed by atoms with Gasteiger partial charge in [-0.25, -0.2) is 0 Å². The molecule has 1 nitrogen and oxygen atoms in total. The summed E-state index contributed by atoms with van der Waals surface area (Å²) in [6.45, 7) is 2.24. The zero-order chi connectivity index (χ0) is 11.2. The fourth-order valence-electron chi connectivity index (χ4n) is 1.90. The molecule has 1 heteroatoms. The van der Waals surface area contributed by atoms with Crippen molar-refractivity contribution in [1.29, 1.82) is 0 Å². The van der Waals surface area contributed by atoms with Gasteiger partial charge in [0.15, 0.2) is 0 Å². The fraction of sp³-hybridized carbons (Fsp3) is 0.400. The summed E-state index contributed by atoms with van der Waals surface area (Å²) in [5.74, 6) is 0. The minimum atomic E-state index is 1.06. The lowest BCUT2D eigenvalue weighted by atomic mass is 10.1. The van der Waals surface area contributed by atoms with Gasteiger partial charge < -0.3 is 0 Å². The second-order valence-electron chi connectivity index (χ2n) is 4.22. The molecule has 2 rings (SSSR count). The van der Waals surface area contributed by atoms with E-state index < -0.39 is 0 Å². The van der Waals surface area contributed by atoms with Crippen LogP contribution in [0.3, 0.4) is 0 Å². The standard InChI is InChI=1S/C15H18N/c1-2-3-4-5-9-14-12-11-13-8-6-7-10-15(13)16-14/h6-8,10-11H,2-5,9H2,1H3. The molecular formula is C15H18N. The largest absolute Gasteiger partial charge is 0.252 e. The lowest BCUT2D eigenvalue weighted by Crippen LogP contribution is -1.91. The van der Waals surface area contributed by atoms with Crippen molar-refractivity contribution in [3.63, 3.8) is 0 Å². The highest BCUT2D eigenvalue weighted by Crippen LogP contribution is 2.13. The van der Waals surface area contributed by atoms with E-state index in [1.165, 1.54) is 31.1 Å². The maximum atomic E-state index is 4.62. The van der Waals surface area contributed by atoms with Crippen molar-refractivity contribution in [2.75, 3.05) is 0 Å². The summed E-state index contributed by atoms with van der Waals surface area (Å²) < 4.78 is 0. The monoisotopic (exact) mass is 212 g/mol. The molecule has 0 unspecified atom stereocenters. The maximum Gasteiger partial charge on any atom is 0.0705 e. The van der Waals surface area contributed by atoms with Crippen LogP contribution in [0.4, 0.5) is 0 Å². The molecule has 1 aromatic heterocycles. The topological polar surface area (TPSA) is 12.9 Å². The van der Waals surface area contributed by atoms with E-state index in [2.05, 4.69) is 36.2 Å². The van der Waals surface area contributed by atoms with E-state index in [4.69, 9.17) is 0 Å². The van der Waals surface area contributed by atoms with Gasteiger partial charge in [0.25, 0.3) is 0 Å². The average Bonchev–Trinajstić information content (AvgIpc) is 2.34. The Labute approximate surface area is 97.5 Å². The molecule has 0 bridgehead atoms. The Bertz CT molecular complexity index is 448. The van der Waals surface area contributed by atoms with Crippen molar-refractivity contribution in [1.82, 2.24) is 4.98 Å². The van der Waals surface area contributed by atoms with E-state index >= 15 is 0 Å². The highest BCUT2D eigenvalue weighted by molar-refractivity contribution is 5.78. The van der Waals surface area contributed by atoms with Gasteiger partial charge in [0.1, 0.15) is 0 Å². The fourth-order valence-corrected chi connectivity index (χ4v) is 1.90. The number of rotatable bonds is 5. The van der Waals surface area contributed by atoms with E-state index in [0.29, 0.717) is 0 Å². The number of aryl methyl sites for hydroxylation is 1. The molecule has 0 saturated heterocycles. The number of para-hydroxylation sites is 1. The van der Waals surface area contributed by atoms with Gasteiger partial charge in [-0.2, -0.15) is 0 Å². The average molecular weight is 212 g/mol. The molecule has 0 aliphatic carbocycles. The third-order valence-corrected chi connectivity index (χ3v) is 2.85. The molecule has 0 aliphatic rings. The minimum Gasteiger partial charge on any atom is -0.252 e. The molecule has 0 fully saturated rings. The van der Waals surface area contributed by atoms with Crippen LogP contribution in [-0.2, 0) is 6.42 Å². The van der Waals surface area contributed by atoms with Crippen LogP contribution in [0.25, 0.3) is 10.9 Å². The van der Waals surface area contributed by atoms with Crippen molar-refractivity contribution >= 4 is 10.9 Å². The Balaban J connectivity index is 2.02. The van der Waals surface area contributed by atoms with E-state index in [1.807, 2.05) is 12.1 Å². The number of nitrogens with zero attached hydrogens (tertiary/aromatic N) is 1. The number of benzene rings is 1. The summed E-state index contributed by atoms with van der Waals surface area (Å²) in [7, 11) is 0. The third kappa shape index (κ3) is 2.82. The summed E-state index contributed by atoms with van der Waals surface area (Å²) in [6, 6.07) is 13.6. The zero-order valence-corrected chi connectivity index (χ0v) is 9.87. The summed E-state index contributed by atoms with van der Waals surface area (Å²) in [4.78, 5) is 4.62. The van der Waals surface area contributed by atoms with Gasteiger partial charge in [-0.1, -0.05) is 44.4 Å². The first-order valence-corrected chi connectivity index (χ1v) is 6.16. The van der Waals surface area contributed by atoms with E-state index in [-0.39, 0.29) is 0 Å². The molecule has 0 N–H and O–H groups in total. The summed E-state index contributed by atoms with van der Waals surface area (Å²) in [5.41, 5.74) is 2.20. The number of unbranched alkanes of at least 4 members (excludes halogenated alkanes) is 3. The first kappa shape index (κ1) is 11.1. The van der Waals surface area contributed by atoms with Crippen LogP contribution < -0.4 is 0 Å². The van der Waals surface area contributed by atoms with Crippen LogP contribution in [0.15, 0.2) is 30.3 Å². The smallest absolute Gasteiger partial charge is 0.0705 e. The second kappa shape index (κ2) is 5.64. The van der Waals surface area contributed by atoms with Gasteiger partial charge in [-0.15, -0.1) is 0 Å². The predicted molar refractivity (Wildman–Crippen MR) is 68.4 cm³/mol. The molecule has 1 heterocycles. The number of hydrogen-bond donors (Lipinski definition) is 0. The zero-order valence-electron chi connectivity index (χ0n) is 9.87. The second-order valence-corrected chi connectivity index (χ2v) is 4.22. The van der Waals surface area contributed by atoms with E-state index in [0.717, 1.165) is 17.6 Å². The van der Waals surface area contributed by atoms with Gasteiger partial charge >= 0.3 is 0 Å². The minimum absolute atomic E-state index is 1.06. The molecule has 0 atom stereocenters. The number of fused-ring (bicyclic) bond motifs is 1. The predicted octanol–water partition coefficient (Wildman–Crippen LogP) is 4.16. The lowest BCUT2D eigenvalue weighted by molar-refractivity contribution is 0.661. The van der Waals surface area contributed by atoms with Crippen LogP contribution in [-0.4, -0.2) is 4.98 Å². The van der Waals surface area contributed by atoms with E-state index in [9.17, 15) is 0 Å². The summed E-state index contributed by atoms with van der Waals surface area (Å²) in [5, 5.41) is 1.18. The van der Waals surface area contributed by atoms with Gasteiger partial charge in [-0.05, 0) is 25.0 Å². The van der Waals surface area contributed by atoms with Gasteiger partial charge in [-0.3, -0.25) is 4.98 Å². The van der Waals surface area contributed by atoms with Crippen molar-refractivity contribution in [2.24, 2.45) is 0 Å². The van der Waals surface area contributed by atoms with Crippen LogP contribution in [0.5, 0.6) is 0 Å². The third-order valence-electron chi connectivity index (χ3n) is 2.85. The molecule has 2 aromatic rings. The number of hydrogen-bond acceptors (Lipinski definition) is 1. The Morgan fingerprint density at radius 3 is 2.88 bits per heavy atom. The molecule has 0 amide bonds. The van der Waals surface area contributed by atoms with Gasteiger partial charge in [0, 0.05) is 17.1 Å². The molecule has 1 aromatic carbocycles. The number of aromatic nitrogens is 1. The van der Waals surface area contributed by atoms with Gasteiger partial charge in [0.05, 0.1) is 5.52 Å². The maximum absolute atomic E-state index is 4.62. The summed E-state index contributed by atoms with van der Waals surface area (Å²) >= 11 is 0. The highest BCUT2D eigenvalue weighted by atomic mass is 14.7. The SMILES string of the molecule is CCCCCCc1[c]cc2ccccc2n1. The van der Waals surface area contributed by atoms with E-state index in [1.54, 1.807) is 0 Å². The van der Waals surface area contributed by atoms with Crippen LogP contribution in [0.1, 0.15) is 38.3 Å². The van der Waals surface area contributed by atoms with Crippen molar-refractivity contribution in [3.05, 3.63) is 42.1 Å². The summed E-state index contributed by atoms with van der Waals surface area (Å²) in [6.07, 6.45) is 6.21. The lowest BCUT2D eigenvalue weighted by Gasteiger charge is -2.02. The van der Waals surface area contributed by atoms with Crippen LogP contribution in [0.2, 0.25) is 0 Å². The van der Waals surface area contributed by atoms with Crippen molar-refractivity contribution in [2.45, 2.75) is 39.0 Å². The molecule has 0 aliphatic heterocycles. The quantitative estimate of drug-likeness (QED) is 0.678. The van der Waals surface area contributed by atoms with Gasteiger partial charge in [0.2, 0.25) is 0 Å². The Kier molecular flexibility index (Phi) is 3.92. The molecule has 83 valence electrons. The van der Waals surface area contributed by atoms with Crippen LogP contribution in [0, 0.1) is 6.07 Å². The first-order chi connectivity index (χ1) is 7.90. The first-order valence-electron chi connectivity index (χ1n) is 6.16. The molecule has 16 heavy (non-hydrogen) atoms. The number of pyridine rings is 1. The van der Waals surface area contributed by atoms with Crippen molar-refractivity contribution < 1.29 is 0 Å². The molecule has 0 saturated carbocycles. The Morgan fingerprint density at radius 1 is 1.12 bits per heavy atom. The Morgan fingerprint density at radius 2 is 2.00 bits per heavy atom.